The smallest absolute Gasteiger partial charge is 0.387 e. The molecule has 0 aromatic heterocycles. The lowest BCUT2D eigenvalue weighted by molar-refractivity contribution is -0.141. The Hall–Kier alpha value is -2.02. The number of β-amino-alcohol motifs (C(OH)–C–C–N with tert-alkyl or cyclic N) is 1. The van der Waals surface area contributed by atoms with Gasteiger partial charge in [-0.15, -0.1) is 0 Å². The maximum absolute atomic E-state index is 12.4. The molecule has 7 heteroatoms. The van der Waals surface area contributed by atoms with Gasteiger partial charge in [-0.05, 0) is 30.5 Å². The van der Waals surface area contributed by atoms with Gasteiger partial charge in [-0.3, -0.25) is 14.5 Å². The summed E-state index contributed by atoms with van der Waals surface area (Å²) in [5.41, 5.74) is 0.437. The van der Waals surface area contributed by atoms with Gasteiger partial charge >= 0.3 is 6.61 Å². The van der Waals surface area contributed by atoms with Crippen LogP contribution in [-0.4, -0.2) is 35.0 Å². The van der Waals surface area contributed by atoms with Gasteiger partial charge in [-0.2, -0.15) is 8.78 Å². The summed E-state index contributed by atoms with van der Waals surface area (Å²) in [6, 6.07) is 5.52. The summed E-state index contributed by atoms with van der Waals surface area (Å²) >= 11 is 0. The summed E-state index contributed by atoms with van der Waals surface area (Å²) in [4.78, 5) is 25.9. The Bertz CT molecular complexity index is 596. The first kappa shape index (κ1) is 16.8. The van der Waals surface area contributed by atoms with E-state index in [2.05, 4.69) is 4.74 Å². The number of ether oxygens (including phenoxy) is 1. The number of benzene rings is 1. The van der Waals surface area contributed by atoms with Crippen molar-refractivity contribution in [1.82, 2.24) is 4.90 Å². The summed E-state index contributed by atoms with van der Waals surface area (Å²) < 4.78 is 28.5. The van der Waals surface area contributed by atoms with E-state index < -0.39 is 12.7 Å². The number of alkyl halides is 2. The number of amides is 2. The topological polar surface area (TPSA) is 66.8 Å². The highest BCUT2D eigenvalue weighted by Crippen LogP contribution is 2.38. The second-order valence-corrected chi connectivity index (χ2v) is 6.25. The minimum atomic E-state index is -2.91. The number of hydrogen-bond donors (Lipinski definition) is 1. The van der Waals surface area contributed by atoms with Gasteiger partial charge in [0.1, 0.15) is 5.75 Å². The highest BCUT2D eigenvalue weighted by Gasteiger charge is 2.48. The molecule has 1 heterocycles. The average Bonchev–Trinajstić information content (AvgIpc) is 2.80. The lowest BCUT2D eigenvalue weighted by Crippen LogP contribution is -2.35. The first-order valence-corrected chi connectivity index (χ1v) is 8.05. The number of imide groups is 1. The number of hydrogen-bond acceptors (Lipinski definition) is 4. The molecule has 3 rings (SSSR count). The van der Waals surface area contributed by atoms with Crippen molar-refractivity contribution in [1.29, 1.82) is 0 Å². The molecule has 5 nitrogen and oxygen atoms in total. The number of carbonyl (C=O) groups is 2. The predicted octanol–water partition coefficient (Wildman–Crippen LogP) is 2.50. The number of aliphatic hydroxyl groups excluding tert-OH is 1. The monoisotopic (exact) mass is 339 g/mol. The summed E-state index contributed by atoms with van der Waals surface area (Å²) in [6.45, 7) is -3.02. The molecule has 1 saturated heterocycles. The standard InChI is InChI=1S/C17H19F2NO4/c18-17(19)24-11-7-5-10(6-8-11)14(21)9-20-15(22)12-3-1-2-4-13(12)16(20)23/h5-8,12-14,17,21H,1-4,9H2/t12-,13-,14+/m1/s1. The second-order valence-electron chi connectivity index (χ2n) is 6.25. The van der Waals surface area contributed by atoms with Gasteiger partial charge in [0, 0.05) is 0 Å². The molecule has 1 saturated carbocycles. The molecule has 2 fully saturated rings. The van der Waals surface area contributed by atoms with Crippen LogP contribution >= 0.6 is 0 Å². The summed E-state index contributed by atoms with van der Waals surface area (Å²) in [7, 11) is 0. The Labute approximate surface area is 138 Å². The SMILES string of the molecule is O=C1[C@@H]2CCCC[C@H]2C(=O)N1C[C@H](O)c1ccc(OC(F)F)cc1. The maximum Gasteiger partial charge on any atom is 0.387 e. The predicted molar refractivity (Wildman–Crippen MR) is 80.2 cm³/mol. The maximum atomic E-state index is 12.4. The van der Waals surface area contributed by atoms with Gasteiger partial charge in [0.15, 0.2) is 0 Å². The van der Waals surface area contributed by atoms with E-state index in [1.165, 1.54) is 24.3 Å². The first-order chi connectivity index (χ1) is 11.5. The quantitative estimate of drug-likeness (QED) is 0.837. The molecular weight excluding hydrogens is 320 g/mol. The average molecular weight is 339 g/mol. The third-order valence-electron chi connectivity index (χ3n) is 4.78. The van der Waals surface area contributed by atoms with Crippen molar-refractivity contribution >= 4 is 11.8 Å². The number of nitrogens with zero attached hydrogens (tertiary/aromatic N) is 1. The number of likely N-dealkylation sites (tertiary alicyclic amines) is 1. The normalized spacial score (nSPS) is 25.1. The number of fused-ring (bicyclic) bond motifs is 1. The van der Waals surface area contributed by atoms with Crippen LogP contribution in [0.15, 0.2) is 24.3 Å². The highest BCUT2D eigenvalue weighted by atomic mass is 19.3. The van der Waals surface area contributed by atoms with Crippen molar-refractivity contribution in [2.75, 3.05) is 6.54 Å². The van der Waals surface area contributed by atoms with E-state index in [4.69, 9.17) is 0 Å². The molecule has 0 spiro atoms. The van der Waals surface area contributed by atoms with Crippen molar-refractivity contribution in [2.24, 2.45) is 11.8 Å². The van der Waals surface area contributed by atoms with Crippen LogP contribution in [0.2, 0.25) is 0 Å². The van der Waals surface area contributed by atoms with Crippen LogP contribution in [0.1, 0.15) is 37.4 Å². The fourth-order valence-corrected chi connectivity index (χ4v) is 3.56. The van der Waals surface area contributed by atoms with Crippen LogP contribution in [0.25, 0.3) is 0 Å². The van der Waals surface area contributed by atoms with E-state index >= 15 is 0 Å². The van der Waals surface area contributed by atoms with Crippen molar-refractivity contribution in [3.63, 3.8) is 0 Å². The largest absolute Gasteiger partial charge is 0.435 e. The van der Waals surface area contributed by atoms with E-state index in [1.807, 2.05) is 0 Å². The van der Waals surface area contributed by atoms with E-state index in [-0.39, 0.29) is 35.9 Å². The molecule has 3 atom stereocenters. The van der Waals surface area contributed by atoms with E-state index in [1.54, 1.807) is 0 Å². The third kappa shape index (κ3) is 3.26. The van der Waals surface area contributed by atoms with Crippen molar-refractivity contribution in [3.8, 4) is 5.75 Å². The van der Waals surface area contributed by atoms with Gasteiger partial charge in [-0.1, -0.05) is 25.0 Å². The third-order valence-corrected chi connectivity index (χ3v) is 4.78. The van der Waals surface area contributed by atoms with Crippen LogP contribution in [-0.2, 0) is 9.59 Å². The van der Waals surface area contributed by atoms with Crippen molar-refractivity contribution < 1.29 is 28.2 Å². The Kier molecular flexibility index (Phi) is 4.80. The number of halogens is 2. The van der Waals surface area contributed by atoms with E-state index in [0.717, 1.165) is 30.6 Å². The molecule has 24 heavy (non-hydrogen) atoms. The molecular formula is C17H19F2NO4. The fourth-order valence-electron chi connectivity index (χ4n) is 3.56. The van der Waals surface area contributed by atoms with Crippen molar-refractivity contribution in [2.45, 2.75) is 38.4 Å². The molecule has 1 aliphatic heterocycles. The van der Waals surface area contributed by atoms with Crippen LogP contribution in [0, 0.1) is 11.8 Å². The fraction of sp³-hybridized carbons (Fsp3) is 0.529. The van der Waals surface area contributed by atoms with Gasteiger partial charge in [-0.25, -0.2) is 0 Å². The molecule has 1 aliphatic carbocycles. The van der Waals surface area contributed by atoms with E-state index in [0.29, 0.717) is 5.56 Å². The molecule has 0 bridgehead atoms. The van der Waals surface area contributed by atoms with Crippen LogP contribution in [0.5, 0.6) is 5.75 Å². The number of rotatable bonds is 5. The van der Waals surface area contributed by atoms with E-state index in [9.17, 15) is 23.5 Å². The number of aliphatic hydroxyl groups is 1. The Morgan fingerprint density at radius 1 is 1.08 bits per heavy atom. The minimum absolute atomic E-state index is 0.0136. The minimum Gasteiger partial charge on any atom is -0.435 e. The zero-order valence-corrected chi connectivity index (χ0v) is 13.0. The first-order valence-electron chi connectivity index (χ1n) is 8.05. The molecule has 0 radical (unpaired) electrons. The van der Waals surface area contributed by atoms with Gasteiger partial charge in [0.05, 0.1) is 24.5 Å². The summed E-state index contributed by atoms with van der Waals surface area (Å²) in [5.74, 6) is -0.927. The molecule has 0 unspecified atom stereocenters. The molecule has 1 N–H and O–H groups in total. The molecule has 1 aromatic rings. The Morgan fingerprint density at radius 2 is 1.62 bits per heavy atom. The summed E-state index contributed by atoms with van der Waals surface area (Å²) in [5, 5.41) is 10.3. The zero-order valence-electron chi connectivity index (χ0n) is 13.0. The lowest BCUT2D eigenvalue weighted by atomic mass is 9.81. The van der Waals surface area contributed by atoms with Crippen LogP contribution in [0.4, 0.5) is 8.78 Å². The van der Waals surface area contributed by atoms with Gasteiger partial charge in [0.25, 0.3) is 0 Å². The van der Waals surface area contributed by atoms with Gasteiger partial charge < -0.3 is 9.84 Å². The van der Waals surface area contributed by atoms with Crippen LogP contribution in [0.3, 0.4) is 0 Å². The Balaban J connectivity index is 1.67. The lowest BCUT2D eigenvalue weighted by Gasteiger charge is -2.19. The number of carbonyl (C=O) groups excluding carboxylic acids is 2. The van der Waals surface area contributed by atoms with Crippen molar-refractivity contribution in [3.05, 3.63) is 29.8 Å². The van der Waals surface area contributed by atoms with Crippen LogP contribution < -0.4 is 4.74 Å². The molecule has 2 aliphatic rings. The zero-order chi connectivity index (χ0) is 17.3. The highest BCUT2D eigenvalue weighted by molar-refractivity contribution is 6.05. The Morgan fingerprint density at radius 3 is 2.12 bits per heavy atom. The molecule has 1 aromatic carbocycles. The second kappa shape index (κ2) is 6.84. The van der Waals surface area contributed by atoms with Gasteiger partial charge in [0.2, 0.25) is 11.8 Å². The molecule has 2 amide bonds. The molecule has 130 valence electrons. The summed E-state index contributed by atoms with van der Waals surface area (Å²) in [6.07, 6.45) is 2.28.